The molecule has 0 aromatic heterocycles. The van der Waals surface area contributed by atoms with Gasteiger partial charge in [-0.3, -0.25) is 4.79 Å². The quantitative estimate of drug-likeness (QED) is 0.741. The number of fused-ring (bicyclic) bond motifs is 1. The first-order valence-corrected chi connectivity index (χ1v) is 6.12. The summed E-state index contributed by atoms with van der Waals surface area (Å²) < 4.78 is 5.67. The van der Waals surface area contributed by atoms with Gasteiger partial charge in [-0.2, -0.15) is 0 Å². The Morgan fingerprint density at radius 2 is 2.00 bits per heavy atom. The second-order valence-electron chi connectivity index (χ2n) is 5.32. The Balaban J connectivity index is 1.91. The molecule has 2 unspecified atom stereocenters. The highest BCUT2D eigenvalue weighted by atomic mass is 16.5. The van der Waals surface area contributed by atoms with Gasteiger partial charge in [0, 0.05) is 0 Å². The van der Waals surface area contributed by atoms with E-state index in [2.05, 4.69) is 0 Å². The Labute approximate surface area is 101 Å². The van der Waals surface area contributed by atoms with Crippen LogP contribution in [0, 0.1) is 0 Å². The van der Waals surface area contributed by atoms with Crippen LogP contribution in [-0.4, -0.2) is 29.2 Å². The Hall–Kier alpha value is -1.35. The molecule has 0 aliphatic carbocycles. The number of nitrogens with zero attached hydrogens (tertiary/aromatic N) is 1. The molecular weight excluding hydrogens is 214 g/mol. The first-order valence-electron chi connectivity index (χ1n) is 6.12. The molecule has 2 atom stereocenters. The number of carbonyl (C=O) groups excluding carboxylic acids is 1. The number of amides is 1. The Morgan fingerprint density at radius 1 is 1.29 bits per heavy atom. The van der Waals surface area contributed by atoms with Crippen LogP contribution in [0.4, 0.5) is 0 Å². The topological polar surface area (TPSA) is 29.5 Å². The second kappa shape index (κ2) is 3.57. The zero-order valence-corrected chi connectivity index (χ0v) is 10.2. The summed E-state index contributed by atoms with van der Waals surface area (Å²) in [6.07, 6.45) is 0.881. The predicted octanol–water partition coefficient (Wildman–Crippen LogP) is 2.14. The van der Waals surface area contributed by atoms with Crippen molar-refractivity contribution in [3.05, 3.63) is 35.9 Å². The number of hydrogen-bond acceptors (Lipinski definition) is 2. The maximum atomic E-state index is 12.4. The van der Waals surface area contributed by atoms with Crippen LogP contribution in [0.1, 0.15) is 31.7 Å². The fraction of sp³-hybridized carbons (Fsp3) is 0.500. The average Bonchev–Trinajstić information content (AvgIpc) is 2.80. The van der Waals surface area contributed by atoms with Gasteiger partial charge in [-0.25, -0.2) is 0 Å². The van der Waals surface area contributed by atoms with E-state index in [-0.39, 0.29) is 17.9 Å². The average molecular weight is 231 g/mol. The van der Waals surface area contributed by atoms with Crippen molar-refractivity contribution >= 4 is 5.91 Å². The molecule has 1 aromatic carbocycles. The van der Waals surface area contributed by atoms with Gasteiger partial charge in [0.05, 0.1) is 18.6 Å². The number of benzene rings is 1. The van der Waals surface area contributed by atoms with Gasteiger partial charge in [0.1, 0.15) is 5.72 Å². The third-order valence-corrected chi connectivity index (χ3v) is 3.82. The molecule has 1 amide bonds. The molecule has 1 aromatic rings. The van der Waals surface area contributed by atoms with Crippen LogP contribution in [0.25, 0.3) is 0 Å². The van der Waals surface area contributed by atoms with E-state index in [1.165, 1.54) is 0 Å². The Morgan fingerprint density at radius 3 is 2.65 bits per heavy atom. The minimum atomic E-state index is -0.439. The van der Waals surface area contributed by atoms with Crippen molar-refractivity contribution in [1.82, 2.24) is 4.90 Å². The smallest absolute Gasteiger partial charge is 0.232 e. The monoisotopic (exact) mass is 231 g/mol. The Bertz CT molecular complexity index is 441. The van der Waals surface area contributed by atoms with Crippen molar-refractivity contribution in [2.24, 2.45) is 0 Å². The fourth-order valence-corrected chi connectivity index (χ4v) is 3.01. The first-order chi connectivity index (χ1) is 8.09. The van der Waals surface area contributed by atoms with Crippen molar-refractivity contribution in [2.45, 2.75) is 38.0 Å². The number of ether oxygens (including phenoxy) is 1. The van der Waals surface area contributed by atoms with E-state index in [9.17, 15) is 4.79 Å². The van der Waals surface area contributed by atoms with Crippen LogP contribution in [0.3, 0.4) is 0 Å². The molecule has 2 aliphatic heterocycles. The summed E-state index contributed by atoms with van der Waals surface area (Å²) >= 11 is 0. The van der Waals surface area contributed by atoms with Crippen molar-refractivity contribution in [3.63, 3.8) is 0 Å². The summed E-state index contributed by atoms with van der Waals surface area (Å²) in [5.41, 5.74) is 0.688. The van der Waals surface area contributed by atoms with E-state index < -0.39 is 5.72 Å². The molecule has 2 fully saturated rings. The molecule has 3 heteroatoms. The van der Waals surface area contributed by atoms with Crippen LogP contribution in [0.15, 0.2) is 30.3 Å². The van der Waals surface area contributed by atoms with Gasteiger partial charge >= 0.3 is 0 Å². The highest BCUT2D eigenvalue weighted by Crippen LogP contribution is 2.41. The molecule has 17 heavy (non-hydrogen) atoms. The molecule has 3 rings (SSSR count). The van der Waals surface area contributed by atoms with Gasteiger partial charge in [0.2, 0.25) is 5.91 Å². The summed E-state index contributed by atoms with van der Waals surface area (Å²) in [5, 5.41) is 0. The van der Waals surface area contributed by atoms with E-state index in [1.807, 2.05) is 49.1 Å². The molecule has 0 radical (unpaired) electrons. The molecule has 0 saturated carbocycles. The highest BCUT2D eigenvalue weighted by Gasteiger charge is 2.51. The summed E-state index contributed by atoms with van der Waals surface area (Å²) in [7, 11) is 0. The minimum Gasteiger partial charge on any atom is -0.354 e. The molecule has 3 nitrogen and oxygen atoms in total. The van der Waals surface area contributed by atoms with Gasteiger partial charge in [-0.05, 0) is 25.8 Å². The lowest BCUT2D eigenvalue weighted by atomic mass is 9.96. The van der Waals surface area contributed by atoms with Crippen LogP contribution < -0.4 is 0 Å². The van der Waals surface area contributed by atoms with Gasteiger partial charge in [-0.1, -0.05) is 30.3 Å². The van der Waals surface area contributed by atoms with E-state index >= 15 is 0 Å². The zero-order valence-electron chi connectivity index (χ0n) is 10.2. The Kier molecular flexibility index (Phi) is 2.26. The van der Waals surface area contributed by atoms with Crippen molar-refractivity contribution in [3.8, 4) is 0 Å². The van der Waals surface area contributed by atoms with Crippen LogP contribution in [0.2, 0.25) is 0 Å². The van der Waals surface area contributed by atoms with Crippen molar-refractivity contribution in [2.75, 3.05) is 6.61 Å². The van der Waals surface area contributed by atoms with E-state index in [0.717, 1.165) is 12.0 Å². The fourth-order valence-electron chi connectivity index (χ4n) is 3.01. The molecule has 0 N–H and O–H groups in total. The molecule has 2 heterocycles. The van der Waals surface area contributed by atoms with Crippen molar-refractivity contribution < 1.29 is 9.53 Å². The molecule has 2 saturated heterocycles. The minimum absolute atomic E-state index is 0.0179. The predicted molar refractivity (Wildman–Crippen MR) is 64.5 cm³/mol. The largest absolute Gasteiger partial charge is 0.354 e. The van der Waals surface area contributed by atoms with Crippen LogP contribution >= 0.6 is 0 Å². The van der Waals surface area contributed by atoms with Gasteiger partial charge in [0.15, 0.2) is 0 Å². The molecule has 2 aliphatic rings. The lowest BCUT2D eigenvalue weighted by molar-refractivity contribution is -0.142. The normalized spacial score (nSPS) is 30.7. The number of carbonyl (C=O) groups is 1. The molecular formula is C14H17NO2. The summed E-state index contributed by atoms with van der Waals surface area (Å²) in [6, 6.07) is 10.3. The highest BCUT2D eigenvalue weighted by molar-refractivity contribution is 5.87. The van der Waals surface area contributed by atoms with Gasteiger partial charge < -0.3 is 9.64 Å². The standard InChI is InChI=1S/C14H17NO2/c1-14(2)15-11(9-17-14)8-12(13(15)16)10-6-4-3-5-7-10/h3-7,11-12H,8-9H2,1-2H3. The zero-order chi connectivity index (χ0) is 12.0. The maximum Gasteiger partial charge on any atom is 0.232 e. The van der Waals surface area contributed by atoms with E-state index in [1.54, 1.807) is 0 Å². The first kappa shape index (κ1) is 10.8. The number of hydrogen-bond donors (Lipinski definition) is 0. The van der Waals surface area contributed by atoms with E-state index in [4.69, 9.17) is 4.74 Å². The third kappa shape index (κ3) is 1.57. The summed E-state index contributed by atoms with van der Waals surface area (Å²) in [4.78, 5) is 14.4. The number of rotatable bonds is 1. The summed E-state index contributed by atoms with van der Waals surface area (Å²) in [6.45, 7) is 4.61. The van der Waals surface area contributed by atoms with Crippen LogP contribution in [0.5, 0.6) is 0 Å². The lowest BCUT2D eigenvalue weighted by Gasteiger charge is -2.29. The summed E-state index contributed by atoms with van der Waals surface area (Å²) in [5.74, 6) is 0.230. The van der Waals surface area contributed by atoms with Gasteiger partial charge in [0.25, 0.3) is 0 Å². The SMILES string of the molecule is CC1(C)OCC2CC(c3ccccc3)C(=O)N21. The molecule has 0 spiro atoms. The maximum absolute atomic E-state index is 12.4. The lowest BCUT2D eigenvalue weighted by Crippen LogP contribution is -2.44. The third-order valence-electron chi connectivity index (χ3n) is 3.82. The van der Waals surface area contributed by atoms with E-state index in [0.29, 0.717) is 6.61 Å². The molecule has 0 bridgehead atoms. The molecule has 90 valence electrons. The van der Waals surface area contributed by atoms with Crippen LogP contribution in [-0.2, 0) is 9.53 Å². The van der Waals surface area contributed by atoms with Gasteiger partial charge in [-0.15, -0.1) is 0 Å². The van der Waals surface area contributed by atoms with Crippen molar-refractivity contribution in [1.29, 1.82) is 0 Å². The second-order valence-corrected chi connectivity index (χ2v) is 5.32.